The Morgan fingerprint density at radius 2 is 2.11 bits per heavy atom. The van der Waals surface area contributed by atoms with Crippen molar-refractivity contribution in [1.82, 2.24) is 15.0 Å². The summed E-state index contributed by atoms with van der Waals surface area (Å²) in [6.45, 7) is 2.49. The average molecular weight is 246 g/mol. The third-order valence-corrected chi connectivity index (χ3v) is 2.39. The Morgan fingerprint density at radius 1 is 1.39 bits per heavy atom. The molecule has 2 rings (SSSR count). The molecule has 6 heteroatoms. The minimum Gasteiger partial charge on any atom is -0.462 e. The largest absolute Gasteiger partial charge is 0.462 e. The van der Waals surface area contributed by atoms with Crippen LogP contribution < -0.4 is 5.73 Å². The summed E-state index contributed by atoms with van der Waals surface area (Å²) < 4.78 is 6.51. The van der Waals surface area contributed by atoms with E-state index in [1.54, 1.807) is 42.1 Å². The van der Waals surface area contributed by atoms with Crippen LogP contribution in [0.15, 0.2) is 30.5 Å². The van der Waals surface area contributed by atoms with E-state index in [-0.39, 0.29) is 5.97 Å². The zero-order chi connectivity index (χ0) is 13.0. The molecule has 0 fully saturated rings. The molecule has 0 saturated carbocycles. The summed E-state index contributed by atoms with van der Waals surface area (Å²) >= 11 is 0. The van der Waals surface area contributed by atoms with Crippen LogP contribution in [-0.2, 0) is 11.3 Å². The number of ether oxygens (including phenoxy) is 1. The molecule has 6 nitrogen and oxygen atoms in total. The van der Waals surface area contributed by atoms with Crippen LogP contribution in [0.25, 0.3) is 5.69 Å². The summed E-state index contributed by atoms with van der Waals surface area (Å²) in [5.74, 6) is -0.328. The Hall–Kier alpha value is -2.21. The number of esters is 1. The molecule has 0 saturated heterocycles. The Labute approximate surface area is 104 Å². The first-order valence-electron chi connectivity index (χ1n) is 5.63. The van der Waals surface area contributed by atoms with Crippen molar-refractivity contribution in [2.24, 2.45) is 5.73 Å². The first kappa shape index (κ1) is 12.3. The van der Waals surface area contributed by atoms with E-state index in [0.717, 1.165) is 5.69 Å². The maximum atomic E-state index is 11.5. The molecule has 1 aromatic carbocycles. The molecule has 18 heavy (non-hydrogen) atoms. The van der Waals surface area contributed by atoms with Crippen LogP contribution in [0.4, 0.5) is 0 Å². The van der Waals surface area contributed by atoms with Crippen molar-refractivity contribution in [3.8, 4) is 5.69 Å². The third-order valence-electron chi connectivity index (χ3n) is 2.39. The van der Waals surface area contributed by atoms with Gasteiger partial charge in [0.15, 0.2) is 0 Å². The van der Waals surface area contributed by atoms with Gasteiger partial charge in [0, 0.05) is 6.54 Å². The number of aromatic nitrogens is 3. The zero-order valence-electron chi connectivity index (χ0n) is 10.0. The molecule has 0 radical (unpaired) electrons. The fraction of sp³-hybridized carbons (Fsp3) is 0.250. The molecule has 0 unspecified atom stereocenters. The lowest BCUT2D eigenvalue weighted by Gasteiger charge is -2.03. The Morgan fingerprint density at radius 3 is 2.67 bits per heavy atom. The normalized spacial score (nSPS) is 10.3. The Kier molecular flexibility index (Phi) is 3.69. The van der Waals surface area contributed by atoms with Gasteiger partial charge in [-0.2, -0.15) is 0 Å². The highest BCUT2D eigenvalue weighted by atomic mass is 16.5. The summed E-state index contributed by atoms with van der Waals surface area (Å²) in [5, 5.41) is 7.83. The Bertz CT molecular complexity index is 533. The summed E-state index contributed by atoms with van der Waals surface area (Å²) in [6.07, 6.45) is 1.75. The predicted molar refractivity (Wildman–Crippen MR) is 65.2 cm³/mol. The fourth-order valence-electron chi connectivity index (χ4n) is 1.48. The molecule has 0 aliphatic carbocycles. The second-order valence-electron chi connectivity index (χ2n) is 3.63. The lowest BCUT2D eigenvalue weighted by Crippen LogP contribution is -2.05. The third kappa shape index (κ3) is 2.54. The van der Waals surface area contributed by atoms with Crippen molar-refractivity contribution in [1.29, 1.82) is 0 Å². The number of carbonyl (C=O) groups is 1. The molecule has 94 valence electrons. The molecule has 2 aromatic rings. The van der Waals surface area contributed by atoms with Crippen molar-refractivity contribution < 1.29 is 9.53 Å². The van der Waals surface area contributed by atoms with Crippen molar-refractivity contribution in [3.63, 3.8) is 0 Å². The number of nitrogens with two attached hydrogens (primary N) is 1. The standard InChI is InChI=1S/C12H14N4O2/c1-2-18-12(17)9-3-5-11(6-4-9)16-8-10(7-13)14-15-16/h3-6,8H,2,7,13H2,1H3. The Balaban J connectivity index is 2.19. The van der Waals surface area contributed by atoms with Gasteiger partial charge in [0.2, 0.25) is 0 Å². The maximum absolute atomic E-state index is 11.5. The van der Waals surface area contributed by atoms with Crippen LogP contribution in [0.5, 0.6) is 0 Å². The van der Waals surface area contributed by atoms with Gasteiger partial charge in [-0.3, -0.25) is 0 Å². The summed E-state index contributed by atoms with van der Waals surface area (Å²) in [5.41, 5.74) is 7.50. The number of carbonyl (C=O) groups excluding carboxylic acids is 1. The van der Waals surface area contributed by atoms with Crippen LogP contribution >= 0.6 is 0 Å². The van der Waals surface area contributed by atoms with Gasteiger partial charge in [-0.15, -0.1) is 5.10 Å². The van der Waals surface area contributed by atoms with Gasteiger partial charge in [0.05, 0.1) is 29.7 Å². The van der Waals surface area contributed by atoms with E-state index in [1.807, 2.05) is 0 Å². The number of hydrogen-bond acceptors (Lipinski definition) is 5. The highest BCUT2D eigenvalue weighted by molar-refractivity contribution is 5.89. The van der Waals surface area contributed by atoms with Crippen LogP contribution in [0.3, 0.4) is 0 Å². The van der Waals surface area contributed by atoms with Crippen LogP contribution in [-0.4, -0.2) is 27.6 Å². The van der Waals surface area contributed by atoms with E-state index in [9.17, 15) is 4.79 Å². The number of rotatable bonds is 4. The maximum Gasteiger partial charge on any atom is 0.338 e. The summed E-state index contributed by atoms with van der Waals surface area (Å²) in [7, 11) is 0. The van der Waals surface area contributed by atoms with E-state index in [1.165, 1.54) is 0 Å². The first-order chi connectivity index (χ1) is 8.74. The smallest absolute Gasteiger partial charge is 0.338 e. The van der Waals surface area contributed by atoms with Crippen LogP contribution in [0, 0.1) is 0 Å². The van der Waals surface area contributed by atoms with E-state index < -0.39 is 0 Å². The molecular weight excluding hydrogens is 232 g/mol. The van der Waals surface area contributed by atoms with Gasteiger partial charge < -0.3 is 10.5 Å². The topological polar surface area (TPSA) is 83.0 Å². The number of nitrogens with zero attached hydrogens (tertiary/aromatic N) is 3. The van der Waals surface area contributed by atoms with Gasteiger partial charge in [0.25, 0.3) is 0 Å². The van der Waals surface area contributed by atoms with Crippen molar-refractivity contribution in [2.75, 3.05) is 6.61 Å². The second kappa shape index (κ2) is 5.42. The van der Waals surface area contributed by atoms with E-state index in [4.69, 9.17) is 10.5 Å². The molecule has 1 heterocycles. The van der Waals surface area contributed by atoms with Gasteiger partial charge in [0.1, 0.15) is 0 Å². The highest BCUT2D eigenvalue weighted by Crippen LogP contribution is 2.10. The van der Waals surface area contributed by atoms with Crippen molar-refractivity contribution in [2.45, 2.75) is 13.5 Å². The molecule has 0 bridgehead atoms. The van der Waals surface area contributed by atoms with Crippen molar-refractivity contribution >= 4 is 5.97 Å². The number of hydrogen-bond donors (Lipinski definition) is 1. The molecule has 0 atom stereocenters. The minimum atomic E-state index is -0.328. The second-order valence-corrected chi connectivity index (χ2v) is 3.63. The molecule has 0 aliphatic heterocycles. The molecule has 2 N–H and O–H groups in total. The first-order valence-corrected chi connectivity index (χ1v) is 5.63. The molecule has 0 spiro atoms. The fourth-order valence-corrected chi connectivity index (χ4v) is 1.48. The van der Waals surface area contributed by atoms with E-state index in [0.29, 0.717) is 24.4 Å². The van der Waals surface area contributed by atoms with Gasteiger partial charge >= 0.3 is 5.97 Å². The molecule has 1 aromatic heterocycles. The highest BCUT2D eigenvalue weighted by Gasteiger charge is 2.07. The van der Waals surface area contributed by atoms with Gasteiger partial charge in [-0.1, -0.05) is 5.21 Å². The van der Waals surface area contributed by atoms with Gasteiger partial charge in [-0.25, -0.2) is 9.48 Å². The van der Waals surface area contributed by atoms with Crippen LogP contribution in [0.2, 0.25) is 0 Å². The van der Waals surface area contributed by atoms with Crippen molar-refractivity contribution in [3.05, 3.63) is 41.7 Å². The van der Waals surface area contributed by atoms with E-state index >= 15 is 0 Å². The molecule has 0 aliphatic rings. The molecular formula is C12H14N4O2. The number of benzene rings is 1. The lowest BCUT2D eigenvalue weighted by atomic mass is 10.2. The van der Waals surface area contributed by atoms with Crippen LogP contribution in [0.1, 0.15) is 23.0 Å². The zero-order valence-corrected chi connectivity index (χ0v) is 10.0. The summed E-state index contributed by atoms with van der Waals surface area (Å²) in [6, 6.07) is 6.94. The van der Waals surface area contributed by atoms with E-state index in [2.05, 4.69) is 10.3 Å². The summed E-state index contributed by atoms with van der Waals surface area (Å²) in [4.78, 5) is 11.5. The molecule has 0 amide bonds. The lowest BCUT2D eigenvalue weighted by molar-refractivity contribution is 0.0526. The monoisotopic (exact) mass is 246 g/mol. The quantitative estimate of drug-likeness (QED) is 0.810. The predicted octanol–water partition coefficient (Wildman–Crippen LogP) is 0.903. The minimum absolute atomic E-state index is 0.328. The average Bonchev–Trinajstić information content (AvgIpc) is 2.88. The SMILES string of the molecule is CCOC(=O)c1ccc(-n2cc(CN)nn2)cc1. The van der Waals surface area contributed by atoms with Gasteiger partial charge in [-0.05, 0) is 31.2 Å².